The van der Waals surface area contributed by atoms with Crippen molar-refractivity contribution in [3.63, 3.8) is 0 Å². The molecule has 2 N–H and O–H groups in total. The monoisotopic (exact) mass is 500 g/mol. The Hall–Kier alpha value is -2.72. The van der Waals surface area contributed by atoms with Crippen molar-refractivity contribution in [2.45, 2.75) is 25.3 Å². The van der Waals surface area contributed by atoms with Crippen LogP contribution in [0.3, 0.4) is 0 Å². The Morgan fingerprint density at radius 3 is 2.87 bits per heavy atom. The Kier molecular flexibility index (Phi) is 5.49. The third-order valence-corrected chi connectivity index (χ3v) is 7.35. The van der Waals surface area contributed by atoms with Crippen LogP contribution in [0.15, 0.2) is 45.4 Å². The van der Waals surface area contributed by atoms with E-state index in [9.17, 15) is 9.59 Å². The number of hydrogen-bond donors (Lipinski definition) is 2. The van der Waals surface area contributed by atoms with Crippen molar-refractivity contribution in [1.82, 2.24) is 20.2 Å². The molecule has 2 fully saturated rings. The zero-order valence-corrected chi connectivity index (χ0v) is 19.1. The Morgan fingerprint density at radius 2 is 2.10 bits per heavy atom. The molecule has 10 heteroatoms. The van der Waals surface area contributed by atoms with Gasteiger partial charge in [0.05, 0.1) is 17.4 Å². The van der Waals surface area contributed by atoms with Gasteiger partial charge in [-0.25, -0.2) is 9.78 Å². The molecule has 1 unspecified atom stereocenters. The zero-order chi connectivity index (χ0) is 21.4. The molecule has 2 aliphatic rings. The van der Waals surface area contributed by atoms with Gasteiger partial charge in [-0.05, 0) is 59.5 Å². The number of thiophene rings is 1. The number of hydrogen-bond acceptors (Lipinski definition) is 5. The minimum absolute atomic E-state index is 0.00453. The molecule has 0 aliphatic carbocycles. The lowest BCUT2D eigenvalue weighted by Crippen LogP contribution is -2.37. The van der Waals surface area contributed by atoms with E-state index in [1.807, 2.05) is 34.5 Å². The quantitative estimate of drug-likeness (QED) is 0.565. The van der Waals surface area contributed by atoms with Crippen LogP contribution in [0.25, 0.3) is 11.0 Å². The van der Waals surface area contributed by atoms with E-state index in [4.69, 9.17) is 0 Å². The van der Waals surface area contributed by atoms with E-state index in [1.54, 1.807) is 22.6 Å². The van der Waals surface area contributed by atoms with E-state index in [-0.39, 0.29) is 18.5 Å². The lowest BCUT2D eigenvalue weighted by molar-refractivity contribution is -0.130. The van der Waals surface area contributed by atoms with Gasteiger partial charge in [0.1, 0.15) is 18.4 Å². The van der Waals surface area contributed by atoms with Gasteiger partial charge in [-0.2, -0.15) is 0 Å². The van der Waals surface area contributed by atoms with E-state index < -0.39 is 6.04 Å². The van der Waals surface area contributed by atoms with Crippen molar-refractivity contribution >= 4 is 61.8 Å². The summed E-state index contributed by atoms with van der Waals surface area (Å²) in [4.78, 5) is 42.0. The van der Waals surface area contributed by atoms with Gasteiger partial charge in [-0.15, -0.1) is 11.3 Å². The van der Waals surface area contributed by atoms with Crippen molar-refractivity contribution in [3.05, 3.63) is 45.3 Å². The highest BCUT2D eigenvalue weighted by Crippen LogP contribution is 2.37. The smallest absolute Gasteiger partial charge is 0.328 e. The average Bonchev–Trinajstić information content (AvgIpc) is 3.50. The van der Waals surface area contributed by atoms with Crippen molar-refractivity contribution in [1.29, 1.82) is 0 Å². The number of aromatic amines is 1. The summed E-state index contributed by atoms with van der Waals surface area (Å²) in [6, 6.07) is 6.96. The van der Waals surface area contributed by atoms with Crippen molar-refractivity contribution < 1.29 is 9.59 Å². The summed E-state index contributed by atoms with van der Waals surface area (Å²) in [7, 11) is 0. The fourth-order valence-corrected chi connectivity index (χ4v) is 5.61. The number of nitrogens with zero attached hydrogens (tertiary/aromatic N) is 4. The number of carbonyl (C=O) groups excluding carboxylic acids is 2. The predicted molar refractivity (Wildman–Crippen MR) is 125 cm³/mol. The molecule has 0 bridgehead atoms. The van der Waals surface area contributed by atoms with Crippen LogP contribution >= 0.6 is 27.3 Å². The van der Waals surface area contributed by atoms with Gasteiger partial charge in [-0.1, -0.05) is 0 Å². The Bertz CT molecular complexity index is 1170. The summed E-state index contributed by atoms with van der Waals surface area (Å²) in [5.41, 5.74) is 2.41. The molecule has 31 heavy (non-hydrogen) atoms. The molecule has 4 heterocycles. The molecule has 1 aromatic carbocycles. The summed E-state index contributed by atoms with van der Waals surface area (Å²) < 4.78 is 0.944. The molecule has 2 saturated heterocycles. The first kappa shape index (κ1) is 20.2. The van der Waals surface area contributed by atoms with Crippen LogP contribution in [0.4, 0.5) is 10.5 Å². The van der Waals surface area contributed by atoms with Crippen molar-refractivity contribution in [3.8, 4) is 0 Å². The molecule has 5 rings (SSSR count). The number of rotatable bonds is 4. The lowest BCUT2D eigenvalue weighted by Gasteiger charge is -2.26. The summed E-state index contributed by atoms with van der Waals surface area (Å²) in [5, 5.41) is 4.87. The van der Waals surface area contributed by atoms with Crippen LogP contribution in [0.5, 0.6) is 0 Å². The van der Waals surface area contributed by atoms with Crippen LogP contribution in [0, 0.1) is 0 Å². The molecular formula is C21H21BrN6O2S. The maximum atomic E-state index is 13.0. The number of urea groups is 1. The number of aliphatic imine (C=N–C) groups is 1. The molecule has 8 nitrogen and oxygen atoms in total. The molecule has 0 radical (unpaired) electrons. The topological polar surface area (TPSA) is 93.7 Å². The van der Waals surface area contributed by atoms with Crippen molar-refractivity contribution in [2.75, 3.05) is 24.5 Å². The number of piperidine rings is 1. The fraction of sp³-hybridized carbons (Fsp3) is 0.333. The first-order valence-corrected chi connectivity index (χ1v) is 11.9. The molecule has 160 valence electrons. The largest absolute Gasteiger partial charge is 0.345 e. The maximum Gasteiger partial charge on any atom is 0.328 e. The number of aromatic nitrogens is 2. The highest BCUT2D eigenvalue weighted by Gasteiger charge is 2.40. The highest BCUT2D eigenvalue weighted by atomic mass is 79.9. The summed E-state index contributed by atoms with van der Waals surface area (Å²) >= 11 is 5.05. The number of anilines is 1. The van der Waals surface area contributed by atoms with Gasteiger partial charge in [0.15, 0.2) is 0 Å². The second kappa shape index (κ2) is 8.43. The summed E-state index contributed by atoms with van der Waals surface area (Å²) in [6.45, 7) is 1.60. The van der Waals surface area contributed by atoms with Crippen LogP contribution in [-0.4, -0.2) is 52.3 Å². The Labute approximate surface area is 191 Å². The molecule has 2 aromatic heterocycles. The SMILES string of the molecule is O=C(CN=C1NC(=O)N(c2ccc3nc[nH]c3c2)C1c1cc(Br)cs1)N1CCCCC1. The number of fused-ring (bicyclic) bond motifs is 1. The van der Waals surface area contributed by atoms with Gasteiger partial charge in [0.25, 0.3) is 0 Å². The lowest BCUT2D eigenvalue weighted by atomic mass is 10.1. The fourth-order valence-electron chi connectivity index (χ4n) is 4.07. The standard InChI is InChI=1S/C21H21BrN6O2S/c22-13-8-17(31-11-13)19-20(23-10-18(29)27-6-2-1-3-7-27)26-21(30)28(19)14-4-5-15-16(9-14)25-12-24-15/h4-5,8-9,11-12,19H,1-3,6-7,10H2,(H,24,25)(H,23,26,30). The van der Waals surface area contributed by atoms with Crippen molar-refractivity contribution in [2.24, 2.45) is 4.99 Å². The van der Waals surface area contributed by atoms with Gasteiger partial charge in [0.2, 0.25) is 5.91 Å². The van der Waals surface area contributed by atoms with E-state index in [2.05, 4.69) is 36.2 Å². The van der Waals surface area contributed by atoms with Gasteiger partial charge < -0.3 is 9.88 Å². The number of likely N-dealkylation sites (tertiary alicyclic amines) is 1. The molecule has 0 saturated carbocycles. The number of nitrogens with one attached hydrogen (secondary N) is 2. The predicted octanol–water partition coefficient (Wildman–Crippen LogP) is 4.07. The first-order chi connectivity index (χ1) is 15.1. The van der Waals surface area contributed by atoms with Crippen LogP contribution in [-0.2, 0) is 4.79 Å². The number of halogens is 1. The molecular weight excluding hydrogens is 480 g/mol. The van der Waals surface area contributed by atoms with E-state index >= 15 is 0 Å². The van der Waals surface area contributed by atoms with Crippen LogP contribution < -0.4 is 10.2 Å². The number of H-pyrrole nitrogens is 1. The number of amides is 3. The third kappa shape index (κ3) is 3.97. The summed E-state index contributed by atoms with van der Waals surface area (Å²) in [6.07, 6.45) is 4.87. The number of benzene rings is 1. The van der Waals surface area contributed by atoms with E-state index in [1.165, 1.54) is 6.42 Å². The molecule has 0 spiro atoms. The number of carbonyl (C=O) groups is 2. The van der Waals surface area contributed by atoms with Gasteiger partial charge in [-0.3, -0.25) is 20.0 Å². The third-order valence-electron chi connectivity index (χ3n) is 5.60. The van der Waals surface area contributed by atoms with Crippen LogP contribution in [0.1, 0.15) is 30.2 Å². The summed E-state index contributed by atoms with van der Waals surface area (Å²) in [5.74, 6) is 0.499. The number of amidine groups is 1. The van der Waals surface area contributed by atoms with Gasteiger partial charge in [0, 0.05) is 33.5 Å². The minimum atomic E-state index is -0.418. The normalized spacial score (nSPS) is 20.6. The second-order valence-corrected chi connectivity index (χ2v) is 9.48. The minimum Gasteiger partial charge on any atom is -0.345 e. The van der Waals surface area contributed by atoms with E-state index in [0.29, 0.717) is 5.84 Å². The van der Waals surface area contributed by atoms with Gasteiger partial charge >= 0.3 is 6.03 Å². The molecule has 1 atom stereocenters. The zero-order valence-electron chi connectivity index (χ0n) is 16.7. The molecule has 3 aromatic rings. The average molecular weight is 501 g/mol. The maximum absolute atomic E-state index is 13.0. The Morgan fingerprint density at radius 1 is 1.26 bits per heavy atom. The first-order valence-electron chi connectivity index (χ1n) is 10.2. The van der Waals surface area contributed by atoms with E-state index in [0.717, 1.165) is 52.0 Å². The second-order valence-electron chi connectivity index (χ2n) is 7.62. The molecule has 3 amide bonds. The van der Waals surface area contributed by atoms with Crippen LogP contribution in [0.2, 0.25) is 0 Å². The highest BCUT2D eigenvalue weighted by molar-refractivity contribution is 9.10. The molecule has 2 aliphatic heterocycles. The number of imidazole rings is 1. The Balaban J connectivity index is 1.47.